The molecule has 1 heterocycles. The van der Waals surface area contributed by atoms with Crippen molar-refractivity contribution in [1.29, 1.82) is 0 Å². The fourth-order valence-electron chi connectivity index (χ4n) is 3.07. The largest absolute Gasteiger partial charge is 0.467 e. The molecule has 0 unspecified atom stereocenters. The van der Waals surface area contributed by atoms with Gasteiger partial charge in [0.25, 0.3) is 5.91 Å². The number of aromatic nitrogens is 2. The van der Waals surface area contributed by atoms with Crippen LogP contribution in [0.3, 0.4) is 0 Å². The summed E-state index contributed by atoms with van der Waals surface area (Å²) in [5.41, 5.74) is -0.438. The van der Waals surface area contributed by atoms with Gasteiger partial charge in [-0.15, -0.1) is 0 Å². The van der Waals surface area contributed by atoms with Crippen molar-refractivity contribution in [1.82, 2.24) is 15.3 Å². The summed E-state index contributed by atoms with van der Waals surface area (Å²) in [6.07, 6.45) is 6.15. The van der Waals surface area contributed by atoms with Crippen LogP contribution in [0.15, 0.2) is 40.4 Å². The molecule has 1 aromatic heterocycles. The highest BCUT2D eigenvalue weighted by Gasteiger charge is 2.29. The molecular weight excluding hydrogens is 386 g/mol. The third-order valence-corrected chi connectivity index (χ3v) is 5.81. The van der Waals surface area contributed by atoms with E-state index in [2.05, 4.69) is 15.3 Å². The van der Waals surface area contributed by atoms with Gasteiger partial charge < -0.3 is 15.2 Å². The van der Waals surface area contributed by atoms with Gasteiger partial charge in [0, 0.05) is 17.6 Å². The molecule has 1 saturated carbocycles. The number of hydrogen-bond donors (Lipinski definition) is 2. The fraction of sp³-hybridized carbons (Fsp3) is 0.421. The normalized spacial score (nSPS) is 16.0. The monoisotopic (exact) mass is 407 g/mol. The van der Waals surface area contributed by atoms with Gasteiger partial charge in [-0.05, 0) is 37.1 Å². The number of aliphatic hydroxyl groups is 1. The minimum absolute atomic E-state index is 0.239. The molecule has 8 heteroatoms. The molecule has 1 aliphatic rings. The lowest BCUT2D eigenvalue weighted by Crippen LogP contribution is -2.44. The predicted octanol–water partition coefficient (Wildman–Crippen LogP) is 3.71. The van der Waals surface area contributed by atoms with Crippen LogP contribution in [-0.2, 0) is 0 Å². The molecular formula is C19H22ClN3O3S. The summed E-state index contributed by atoms with van der Waals surface area (Å²) < 4.78 is 5.03. The third-order valence-electron chi connectivity index (χ3n) is 4.56. The zero-order valence-electron chi connectivity index (χ0n) is 15.1. The summed E-state index contributed by atoms with van der Waals surface area (Å²) in [5, 5.41) is 14.5. The third kappa shape index (κ3) is 5.34. The summed E-state index contributed by atoms with van der Waals surface area (Å²) in [4.78, 5) is 21.6. The quantitative estimate of drug-likeness (QED) is 0.710. The SMILES string of the molecule is COc1nccc(Sc2ccc(Cl)c(C(=O)NCC3(O)CCCCC3)c2)n1. The van der Waals surface area contributed by atoms with Crippen molar-refractivity contribution in [3.63, 3.8) is 0 Å². The van der Waals surface area contributed by atoms with E-state index in [9.17, 15) is 9.90 Å². The molecule has 1 fully saturated rings. The second-order valence-electron chi connectivity index (χ2n) is 6.59. The van der Waals surface area contributed by atoms with Gasteiger partial charge in [0.1, 0.15) is 5.03 Å². The minimum atomic E-state index is -0.815. The maximum atomic E-state index is 12.6. The van der Waals surface area contributed by atoms with Crippen LogP contribution in [0.4, 0.5) is 0 Å². The smallest absolute Gasteiger partial charge is 0.317 e. The van der Waals surface area contributed by atoms with Crippen LogP contribution in [0.25, 0.3) is 0 Å². The predicted molar refractivity (Wildman–Crippen MR) is 105 cm³/mol. The Morgan fingerprint density at radius 1 is 1.33 bits per heavy atom. The number of methoxy groups -OCH3 is 1. The number of benzene rings is 1. The zero-order valence-corrected chi connectivity index (χ0v) is 16.6. The number of rotatable bonds is 6. The first-order valence-electron chi connectivity index (χ1n) is 8.84. The number of hydrogen-bond acceptors (Lipinski definition) is 6. The number of carbonyl (C=O) groups is 1. The molecule has 1 aliphatic carbocycles. The lowest BCUT2D eigenvalue weighted by Gasteiger charge is -2.32. The molecule has 2 aromatic rings. The summed E-state index contributed by atoms with van der Waals surface area (Å²) in [5.74, 6) is -0.290. The lowest BCUT2D eigenvalue weighted by molar-refractivity contribution is 0.00525. The Morgan fingerprint density at radius 2 is 2.11 bits per heavy atom. The van der Waals surface area contributed by atoms with Crippen LogP contribution >= 0.6 is 23.4 Å². The Morgan fingerprint density at radius 3 is 2.85 bits per heavy atom. The van der Waals surface area contributed by atoms with Crippen molar-refractivity contribution in [3.8, 4) is 6.01 Å². The molecule has 144 valence electrons. The van der Waals surface area contributed by atoms with Gasteiger partial charge in [-0.1, -0.05) is 42.6 Å². The number of amides is 1. The summed E-state index contributed by atoms with van der Waals surface area (Å²) >= 11 is 7.60. The van der Waals surface area contributed by atoms with Crippen molar-refractivity contribution in [2.45, 2.75) is 47.6 Å². The van der Waals surface area contributed by atoms with Crippen LogP contribution in [0.5, 0.6) is 6.01 Å². The maximum Gasteiger partial charge on any atom is 0.317 e. The molecule has 3 rings (SSSR count). The first-order chi connectivity index (χ1) is 13.0. The van der Waals surface area contributed by atoms with Crippen LogP contribution in [-0.4, -0.2) is 40.2 Å². The molecule has 0 saturated heterocycles. The van der Waals surface area contributed by atoms with Gasteiger partial charge in [0.2, 0.25) is 0 Å². The van der Waals surface area contributed by atoms with Crippen LogP contribution in [0.2, 0.25) is 5.02 Å². The van der Waals surface area contributed by atoms with Gasteiger partial charge in [0.15, 0.2) is 0 Å². The van der Waals surface area contributed by atoms with Gasteiger partial charge in [-0.25, -0.2) is 4.98 Å². The zero-order chi connectivity index (χ0) is 19.3. The molecule has 1 aromatic carbocycles. The highest BCUT2D eigenvalue weighted by Crippen LogP contribution is 2.30. The van der Waals surface area contributed by atoms with Crippen molar-refractivity contribution >= 4 is 29.3 Å². The van der Waals surface area contributed by atoms with E-state index in [0.717, 1.165) is 24.2 Å². The molecule has 0 radical (unpaired) electrons. The highest BCUT2D eigenvalue weighted by atomic mass is 35.5. The van der Waals surface area contributed by atoms with Crippen molar-refractivity contribution in [2.75, 3.05) is 13.7 Å². The summed E-state index contributed by atoms with van der Waals surface area (Å²) in [6, 6.07) is 7.29. The number of carbonyl (C=O) groups excluding carboxylic acids is 1. The fourth-order valence-corrected chi connectivity index (χ4v) is 4.08. The second-order valence-corrected chi connectivity index (χ2v) is 8.09. The molecule has 0 atom stereocenters. The minimum Gasteiger partial charge on any atom is -0.467 e. The number of nitrogens with zero attached hydrogens (tertiary/aromatic N) is 2. The van der Waals surface area contributed by atoms with Gasteiger partial charge in [-0.3, -0.25) is 4.79 Å². The molecule has 1 amide bonds. The molecule has 6 nitrogen and oxygen atoms in total. The molecule has 0 aliphatic heterocycles. The summed E-state index contributed by atoms with van der Waals surface area (Å²) in [6.45, 7) is 0.239. The van der Waals surface area contributed by atoms with Crippen LogP contribution in [0, 0.1) is 0 Å². The van der Waals surface area contributed by atoms with E-state index >= 15 is 0 Å². The van der Waals surface area contributed by atoms with E-state index in [0.29, 0.717) is 28.5 Å². The average molecular weight is 408 g/mol. The standard InChI is InChI=1S/C19H22ClN3O3S/c1-26-18-21-10-7-16(23-18)27-13-5-6-15(20)14(11-13)17(24)22-12-19(25)8-3-2-4-9-19/h5-7,10-11,25H,2-4,8-9,12H2,1H3,(H,22,24). The van der Waals surface area contributed by atoms with Crippen LogP contribution in [0.1, 0.15) is 42.5 Å². The Balaban J connectivity index is 1.69. The summed E-state index contributed by atoms with van der Waals surface area (Å²) in [7, 11) is 1.51. The Labute approximate surface area is 167 Å². The van der Waals surface area contributed by atoms with E-state index in [1.807, 2.05) is 6.07 Å². The highest BCUT2D eigenvalue weighted by molar-refractivity contribution is 7.99. The van der Waals surface area contributed by atoms with Crippen molar-refractivity contribution < 1.29 is 14.6 Å². The van der Waals surface area contributed by atoms with Crippen LogP contribution < -0.4 is 10.1 Å². The topological polar surface area (TPSA) is 84.3 Å². The van der Waals surface area contributed by atoms with Crippen molar-refractivity contribution in [3.05, 3.63) is 41.0 Å². The van der Waals surface area contributed by atoms with Gasteiger partial charge in [-0.2, -0.15) is 4.98 Å². The molecule has 27 heavy (non-hydrogen) atoms. The lowest BCUT2D eigenvalue weighted by atomic mass is 9.85. The van der Waals surface area contributed by atoms with E-state index in [4.69, 9.17) is 16.3 Å². The first kappa shape index (κ1) is 19.9. The number of halogens is 1. The van der Waals surface area contributed by atoms with E-state index < -0.39 is 5.60 Å². The van der Waals surface area contributed by atoms with E-state index in [-0.39, 0.29) is 18.5 Å². The van der Waals surface area contributed by atoms with Crippen molar-refractivity contribution in [2.24, 2.45) is 0 Å². The average Bonchev–Trinajstić information content (AvgIpc) is 2.68. The number of nitrogens with one attached hydrogen (secondary N) is 1. The number of ether oxygens (including phenoxy) is 1. The maximum absolute atomic E-state index is 12.6. The Hall–Kier alpha value is -1.83. The second kappa shape index (κ2) is 8.91. The molecule has 0 spiro atoms. The van der Waals surface area contributed by atoms with E-state index in [1.54, 1.807) is 24.4 Å². The van der Waals surface area contributed by atoms with E-state index in [1.165, 1.54) is 18.9 Å². The first-order valence-corrected chi connectivity index (χ1v) is 10.0. The van der Waals surface area contributed by atoms with Gasteiger partial charge >= 0.3 is 6.01 Å². The van der Waals surface area contributed by atoms with Gasteiger partial charge in [0.05, 0.1) is 23.3 Å². The molecule has 0 bridgehead atoms. The Bertz CT molecular complexity index is 813. The Kier molecular flexibility index (Phi) is 6.57. The molecule has 2 N–H and O–H groups in total.